The highest BCUT2D eigenvalue weighted by molar-refractivity contribution is 7.22. The van der Waals surface area contributed by atoms with Gasteiger partial charge in [0.2, 0.25) is 0 Å². The maximum atomic E-state index is 4.08. The van der Waals surface area contributed by atoms with Gasteiger partial charge in [-0.3, -0.25) is 0 Å². The van der Waals surface area contributed by atoms with Crippen molar-refractivity contribution in [1.82, 2.24) is 0 Å². The highest BCUT2D eigenvalue weighted by Gasteiger charge is 2.17. The molecule has 1 aliphatic carbocycles. The molecule has 0 aliphatic heterocycles. The summed E-state index contributed by atoms with van der Waals surface area (Å²) < 4.78 is 0. The van der Waals surface area contributed by atoms with Crippen molar-refractivity contribution in [2.45, 2.75) is 40.0 Å². The molecule has 1 heteroatoms. The maximum absolute atomic E-state index is 4.08. The van der Waals surface area contributed by atoms with Crippen LogP contribution in [0.15, 0.2) is 59.0 Å². The van der Waals surface area contributed by atoms with Gasteiger partial charge in [0.05, 0.1) is 0 Å². The minimum absolute atomic E-state index is 0.504. The van der Waals surface area contributed by atoms with Gasteiger partial charge in [-0.1, -0.05) is 56.4 Å². The number of hydrogen-bond donors (Lipinski definition) is 0. The predicted molar refractivity (Wildman–Crippen MR) is 86.6 cm³/mol. The molecular formula is C17H25P. The van der Waals surface area contributed by atoms with Crippen molar-refractivity contribution < 1.29 is 0 Å². The molecule has 1 aliphatic rings. The Morgan fingerprint density at radius 1 is 1.44 bits per heavy atom. The number of rotatable bonds is 6. The fourth-order valence-corrected chi connectivity index (χ4v) is 2.64. The molecule has 0 heterocycles. The molecule has 0 aromatic carbocycles. The molecule has 0 aromatic heterocycles. The maximum Gasteiger partial charge on any atom is 0.00274 e. The first-order chi connectivity index (χ1) is 8.60. The summed E-state index contributed by atoms with van der Waals surface area (Å²) in [5.41, 5.74) is 3.99. The van der Waals surface area contributed by atoms with Gasteiger partial charge in [-0.25, -0.2) is 0 Å². The lowest BCUT2D eigenvalue weighted by molar-refractivity contribution is 0.736. The molecule has 0 radical (unpaired) electrons. The quantitative estimate of drug-likeness (QED) is 0.432. The molecule has 0 spiro atoms. The molecule has 98 valence electrons. The van der Waals surface area contributed by atoms with Gasteiger partial charge in [0.1, 0.15) is 0 Å². The van der Waals surface area contributed by atoms with Crippen LogP contribution in [0.4, 0.5) is 0 Å². The Bertz CT molecular complexity index is 419. The normalized spacial score (nSPS) is 17.9. The van der Waals surface area contributed by atoms with E-state index in [4.69, 9.17) is 0 Å². The van der Waals surface area contributed by atoms with E-state index in [1.807, 2.05) is 0 Å². The van der Waals surface area contributed by atoms with Crippen molar-refractivity contribution in [3.8, 4) is 0 Å². The van der Waals surface area contributed by atoms with Gasteiger partial charge in [0.15, 0.2) is 0 Å². The third-order valence-electron chi connectivity index (χ3n) is 3.21. The highest BCUT2D eigenvalue weighted by Crippen LogP contribution is 2.34. The first-order valence-corrected chi connectivity index (χ1v) is 7.38. The first-order valence-electron chi connectivity index (χ1n) is 6.80. The van der Waals surface area contributed by atoms with Crippen molar-refractivity contribution in [2.24, 2.45) is 5.92 Å². The number of hydrogen-bond acceptors (Lipinski definition) is 0. The molecule has 0 saturated carbocycles. The average Bonchev–Trinajstić information content (AvgIpc) is 2.82. The second-order valence-electron chi connectivity index (χ2n) is 4.79. The zero-order valence-electron chi connectivity index (χ0n) is 11.9. The van der Waals surface area contributed by atoms with E-state index in [2.05, 4.69) is 67.0 Å². The van der Waals surface area contributed by atoms with Gasteiger partial charge < -0.3 is 0 Å². The summed E-state index contributed by atoms with van der Waals surface area (Å²) in [6.07, 6.45) is 14.6. The molecule has 1 rings (SSSR count). The molecule has 0 fully saturated rings. The smallest absolute Gasteiger partial charge is 0.00274 e. The van der Waals surface area contributed by atoms with Crippen molar-refractivity contribution in [2.75, 3.05) is 0 Å². The molecule has 2 atom stereocenters. The van der Waals surface area contributed by atoms with Crippen LogP contribution in [-0.4, -0.2) is 0 Å². The monoisotopic (exact) mass is 260 g/mol. The second kappa shape index (κ2) is 7.54. The van der Waals surface area contributed by atoms with Crippen LogP contribution in [0.1, 0.15) is 40.0 Å². The Balaban J connectivity index is 2.88. The second-order valence-corrected chi connectivity index (χ2v) is 5.45. The summed E-state index contributed by atoms with van der Waals surface area (Å²) in [5.74, 6) is 0.504. The fourth-order valence-electron chi connectivity index (χ4n) is 2.27. The minimum atomic E-state index is 0.504. The van der Waals surface area contributed by atoms with Crippen molar-refractivity contribution >= 4 is 9.24 Å². The van der Waals surface area contributed by atoms with E-state index in [1.54, 1.807) is 0 Å². The van der Waals surface area contributed by atoms with Gasteiger partial charge >= 0.3 is 0 Å². The lowest BCUT2D eigenvalue weighted by Crippen LogP contribution is -2.02. The lowest BCUT2D eigenvalue weighted by Gasteiger charge is -2.17. The van der Waals surface area contributed by atoms with Crippen LogP contribution in [-0.2, 0) is 0 Å². The zero-order chi connectivity index (χ0) is 13.5. The van der Waals surface area contributed by atoms with Gasteiger partial charge in [-0.15, -0.1) is 9.24 Å². The Morgan fingerprint density at radius 3 is 2.72 bits per heavy atom. The van der Waals surface area contributed by atoms with Gasteiger partial charge in [0, 0.05) is 5.92 Å². The van der Waals surface area contributed by atoms with Crippen LogP contribution in [0.2, 0.25) is 0 Å². The highest BCUT2D eigenvalue weighted by atomic mass is 31.0. The van der Waals surface area contributed by atoms with E-state index >= 15 is 0 Å². The number of allylic oxidation sites excluding steroid dienone is 9. The molecule has 0 saturated heterocycles. The first kappa shape index (κ1) is 15.2. The summed E-state index contributed by atoms with van der Waals surface area (Å²) in [7, 11) is 2.83. The van der Waals surface area contributed by atoms with E-state index < -0.39 is 0 Å². The molecular weight excluding hydrogens is 235 g/mol. The molecule has 0 bridgehead atoms. The zero-order valence-corrected chi connectivity index (χ0v) is 13.0. The van der Waals surface area contributed by atoms with E-state index in [-0.39, 0.29) is 0 Å². The van der Waals surface area contributed by atoms with E-state index in [9.17, 15) is 0 Å². The minimum Gasteiger partial charge on any atom is -0.106 e. The van der Waals surface area contributed by atoms with Crippen LogP contribution >= 0.6 is 9.24 Å². The largest absolute Gasteiger partial charge is 0.106 e. The fraction of sp³-hybridized carbons (Fsp3) is 0.412. The van der Waals surface area contributed by atoms with Crippen LogP contribution < -0.4 is 0 Å². The Hall–Kier alpha value is -0.870. The van der Waals surface area contributed by atoms with Crippen LogP contribution in [0.25, 0.3) is 0 Å². The Kier molecular flexibility index (Phi) is 6.36. The summed E-state index contributed by atoms with van der Waals surface area (Å²) in [5, 5.41) is 1.28. The van der Waals surface area contributed by atoms with Crippen LogP contribution in [0, 0.1) is 5.92 Å². The molecule has 2 unspecified atom stereocenters. The van der Waals surface area contributed by atoms with Gasteiger partial charge in [0.25, 0.3) is 0 Å². The third kappa shape index (κ3) is 4.10. The standard InChI is InChI=1S/C17H25P/c1-5-7-9-15(18)12-14(6-2)17-11-8-10-16(17)13(3)4/h7,9-12,14H,3,5-6,8,18H2,1-2,4H3/b9-7-,15-12+. The summed E-state index contributed by atoms with van der Waals surface area (Å²) in [6.45, 7) is 10.6. The molecule has 18 heavy (non-hydrogen) atoms. The van der Waals surface area contributed by atoms with Crippen molar-refractivity contribution in [3.05, 3.63) is 59.0 Å². The molecule has 0 N–H and O–H groups in total. The van der Waals surface area contributed by atoms with E-state index in [0.29, 0.717) is 5.92 Å². The summed E-state index contributed by atoms with van der Waals surface area (Å²) in [6, 6.07) is 0. The molecule has 0 aromatic rings. The van der Waals surface area contributed by atoms with Gasteiger partial charge in [-0.2, -0.15) is 0 Å². The Labute approximate surface area is 114 Å². The van der Waals surface area contributed by atoms with Crippen LogP contribution in [0.5, 0.6) is 0 Å². The van der Waals surface area contributed by atoms with Crippen LogP contribution in [0.3, 0.4) is 0 Å². The summed E-state index contributed by atoms with van der Waals surface area (Å²) in [4.78, 5) is 0. The average molecular weight is 260 g/mol. The topological polar surface area (TPSA) is 0 Å². The molecule has 0 nitrogen and oxygen atoms in total. The van der Waals surface area contributed by atoms with Crippen molar-refractivity contribution in [3.63, 3.8) is 0 Å². The lowest BCUT2D eigenvalue weighted by atomic mass is 9.89. The Morgan fingerprint density at radius 2 is 2.17 bits per heavy atom. The molecule has 0 amide bonds. The third-order valence-corrected chi connectivity index (χ3v) is 3.59. The van der Waals surface area contributed by atoms with E-state index in [1.165, 1.54) is 22.0 Å². The SMILES string of the molecule is C=C(C)C1=CCC=C1C(/C=C(P)\C=C/CC)CC. The summed E-state index contributed by atoms with van der Waals surface area (Å²) >= 11 is 0. The van der Waals surface area contributed by atoms with Gasteiger partial charge in [-0.05, 0) is 42.6 Å². The predicted octanol–water partition coefficient (Wildman–Crippen LogP) is 5.57. The van der Waals surface area contributed by atoms with Crippen molar-refractivity contribution in [1.29, 1.82) is 0 Å². The van der Waals surface area contributed by atoms with E-state index in [0.717, 1.165) is 19.3 Å².